The van der Waals surface area contributed by atoms with Gasteiger partial charge in [-0.1, -0.05) is 41.5 Å². The number of hydrogen-bond donors (Lipinski definition) is 4. The van der Waals surface area contributed by atoms with Crippen LogP contribution < -0.4 is 0 Å². The number of aromatic hydroxyl groups is 4. The summed E-state index contributed by atoms with van der Waals surface area (Å²) in [6, 6.07) is 6.54. The van der Waals surface area contributed by atoms with Gasteiger partial charge < -0.3 is 20.4 Å². The van der Waals surface area contributed by atoms with Crippen LogP contribution in [0.25, 0.3) is 0 Å². The zero-order valence-electron chi connectivity index (χ0n) is 19.6. The highest BCUT2D eigenvalue weighted by Crippen LogP contribution is 2.73. The van der Waals surface area contributed by atoms with E-state index in [1.54, 1.807) is 0 Å². The number of fused-ring (bicyclic) bond motifs is 4. The lowest BCUT2D eigenvalue weighted by Gasteiger charge is -2.46. The molecule has 4 heteroatoms. The van der Waals surface area contributed by atoms with Crippen molar-refractivity contribution in [3.05, 3.63) is 46.5 Å². The molecule has 0 amide bonds. The summed E-state index contributed by atoms with van der Waals surface area (Å²) in [5.74, 6) is 0.556. The van der Waals surface area contributed by atoms with Gasteiger partial charge in [0.05, 0.1) is 0 Å². The van der Waals surface area contributed by atoms with Gasteiger partial charge in [0.25, 0.3) is 0 Å². The third kappa shape index (κ3) is 2.26. The molecule has 4 rings (SSSR count). The minimum atomic E-state index is -0.573. The molecule has 1 spiro atoms. The summed E-state index contributed by atoms with van der Waals surface area (Å²) in [5.41, 5.74) is 2.64. The Morgan fingerprint density at radius 1 is 0.613 bits per heavy atom. The van der Waals surface area contributed by atoms with Gasteiger partial charge in [0.2, 0.25) is 0 Å². The smallest absolute Gasteiger partial charge is 0.123 e. The molecule has 0 aliphatic heterocycles. The lowest BCUT2D eigenvalue weighted by Crippen LogP contribution is -2.45. The van der Waals surface area contributed by atoms with Gasteiger partial charge in [0.15, 0.2) is 0 Å². The predicted octanol–water partition coefficient (Wildman–Crippen LogP) is 6.21. The van der Waals surface area contributed by atoms with Crippen LogP contribution in [0.5, 0.6) is 23.0 Å². The summed E-state index contributed by atoms with van der Waals surface area (Å²) in [4.78, 5) is 0. The predicted molar refractivity (Wildman–Crippen MR) is 123 cm³/mol. The first-order valence-electron chi connectivity index (χ1n) is 11.8. The van der Waals surface area contributed by atoms with E-state index in [4.69, 9.17) is 0 Å². The Morgan fingerprint density at radius 2 is 1.03 bits per heavy atom. The van der Waals surface area contributed by atoms with E-state index in [0.29, 0.717) is 0 Å². The maximum absolute atomic E-state index is 11.3. The zero-order chi connectivity index (χ0) is 22.9. The van der Waals surface area contributed by atoms with Gasteiger partial charge in [-0.25, -0.2) is 0 Å². The molecule has 3 unspecified atom stereocenters. The quantitative estimate of drug-likeness (QED) is 0.470. The topological polar surface area (TPSA) is 80.9 Å². The molecule has 0 fully saturated rings. The van der Waals surface area contributed by atoms with E-state index in [2.05, 4.69) is 41.5 Å². The van der Waals surface area contributed by atoms with Gasteiger partial charge in [0.1, 0.15) is 23.0 Å². The average molecular weight is 425 g/mol. The Morgan fingerprint density at radius 3 is 1.52 bits per heavy atom. The van der Waals surface area contributed by atoms with E-state index in [0.717, 1.165) is 47.9 Å². The molecule has 3 atom stereocenters. The third-order valence-corrected chi connectivity index (χ3v) is 9.65. The highest BCUT2D eigenvalue weighted by molar-refractivity contribution is 5.69. The van der Waals surface area contributed by atoms with Gasteiger partial charge in [-0.2, -0.15) is 0 Å². The fourth-order valence-electron chi connectivity index (χ4n) is 8.09. The number of hydrogen-bond acceptors (Lipinski definition) is 4. The van der Waals surface area contributed by atoms with Crippen molar-refractivity contribution in [3.8, 4) is 23.0 Å². The van der Waals surface area contributed by atoms with Crippen LogP contribution in [0.15, 0.2) is 24.3 Å². The van der Waals surface area contributed by atoms with Crippen molar-refractivity contribution < 1.29 is 20.4 Å². The van der Waals surface area contributed by atoms with Crippen molar-refractivity contribution in [2.45, 2.75) is 83.5 Å². The first-order chi connectivity index (χ1) is 14.6. The Bertz CT molecular complexity index is 1030. The molecule has 4 N–H and O–H groups in total. The minimum Gasteiger partial charge on any atom is -0.508 e. The standard InChI is InChI=1S/C27H36O4/c1-7-25(8-2)15(5)27(24-19(25)11-17(28)14-22(24)31)16(6)26(9-3,10-4)23-20(27)12-18(29)13-21(23)30/h11-16,28-31H,7-10H2,1-6H3. The molecule has 4 nitrogen and oxygen atoms in total. The molecule has 168 valence electrons. The van der Waals surface area contributed by atoms with Gasteiger partial charge in [-0.3, -0.25) is 0 Å². The van der Waals surface area contributed by atoms with Gasteiger partial charge in [0, 0.05) is 34.1 Å². The van der Waals surface area contributed by atoms with Crippen molar-refractivity contribution in [3.63, 3.8) is 0 Å². The summed E-state index contributed by atoms with van der Waals surface area (Å²) in [6.45, 7) is 13.2. The Hall–Kier alpha value is -2.36. The average Bonchev–Trinajstić information content (AvgIpc) is 3.08. The monoisotopic (exact) mass is 424 g/mol. The second kappa shape index (κ2) is 6.82. The molecular weight excluding hydrogens is 388 g/mol. The molecule has 0 heterocycles. The summed E-state index contributed by atoms with van der Waals surface area (Å²) in [5, 5.41) is 43.4. The summed E-state index contributed by atoms with van der Waals surface area (Å²) in [7, 11) is 0. The van der Waals surface area contributed by atoms with E-state index in [9.17, 15) is 20.4 Å². The molecule has 2 aromatic rings. The minimum absolute atomic E-state index is 0.0448. The second-order valence-corrected chi connectivity index (χ2v) is 9.81. The fraction of sp³-hybridized carbons (Fsp3) is 0.556. The molecule has 0 bridgehead atoms. The molecule has 2 aliphatic carbocycles. The van der Waals surface area contributed by atoms with Gasteiger partial charge in [-0.05, 0) is 66.2 Å². The lowest BCUT2D eigenvalue weighted by atomic mass is 9.56. The number of phenolic OH excluding ortho intramolecular Hbond substituents is 4. The molecule has 0 radical (unpaired) electrons. The Labute approximate surface area is 185 Å². The van der Waals surface area contributed by atoms with Crippen LogP contribution in [-0.4, -0.2) is 20.4 Å². The van der Waals surface area contributed by atoms with E-state index in [-0.39, 0.29) is 45.7 Å². The molecule has 0 saturated heterocycles. The molecule has 0 aromatic heterocycles. The largest absolute Gasteiger partial charge is 0.508 e. The SMILES string of the molecule is CCC1(CC)c2cc(O)cc(O)c2C2(c3cc(O)cc(O)c3C(CC)(CC)C2C)C1C. The van der Waals surface area contributed by atoms with Crippen LogP contribution in [0.2, 0.25) is 0 Å². The molecule has 2 aliphatic rings. The van der Waals surface area contributed by atoms with Crippen molar-refractivity contribution in [2.75, 3.05) is 0 Å². The summed E-state index contributed by atoms with van der Waals surface area (Å²) >= 11 is 0. The molecule has 0 saturated carbocycles. The second-order valence-electron chi connectivity index (χ2n) is 9.81. The van der Waals surface area contributed by atoms with Gasteiger partial charge in [-0.15, -0.1) is 0 Å². The van der Waals surface area contributed by atoms with Crippen LogP contribution in [0.1, 0.15) is 89.5 Å². The number of rotatable bonds is 4. The van der Waals surface area contributed by atoms with Crippen molar-refractivity contribution in [1.29, 1.82) is 0 Å². The van der Waals surface area contributed by atoms with E-state index in [1.807, 2.05) is 12.1 Å². The van der Waals surface area contributed by atoms with Gasteiger partial charge >= 0.3 is 0 Å². The zero-order valence-corrected chi connectivity index (χ0v) is 19.6. The third-order valence-electron chi connectivity index (χ3n) is 9.65. The number of phenols is 4. The van der Waals surface area contributed by atoms with E-state index >= 15 is 0 Å². The van der Waals surface area contributed by atoms with Crippen LogP contribution in [0.3, 0.4) is 0 Å². The normalized spacial score (nSPS) is 27.4. The lowest BCUT2D eigenvalue weighted by molar-refractivity contribution is 0.127. The highest BCUT2D eigenvalue weighted by Gasteiger charge is 2.68. The van der Waals surface area contributed by atoms with Crippen LogP contribution in [-0.2, 0) is 16.2 Å². The Balaban J connectivity index is 2.24. The van der Waals surface area contributed by atoms with E-state index in [1.165, 1.54) is 12.1 Å². The summed E-state index contributed by atoms with van der Waals surface area (Å²) in [6.07, 6.45) is 3.45. The molecule has 2 aromatic carbocycles. The van der Waals surface area contributed by atoms with Crippen LogP contribution >= 0.6 is 0 Å². The molecule has 31 heavy (non-hydrogen) atoms. The van der Waals surface area contributed by atoms with Crippen molar-refractivity contribution in [2.24, 2.45) is 11.8 Å². The maximum atomic E-state index is 11.3. The van der Waals surface area contributed by atoms with E-state index < -0.39 is 5.41 Å². The highest BCUT2D eigenvalue weighted by atomic mass is 16.3. The van der Waals surface area contributed by atoms with Crippen LogP contribution in [0, 0.1) is 11.8 Å². The Kier molecular flexibility index (Phi) is 4.81. The molecular formula is C27H36O4. The summed E-state index contributed by atoms with van der Waals surface area (Å²) < 4.78 is 0. The van der Waals surface area contributed by atoms with Crippen LogP contribution in [0.4, 0.5) is 0 Å². The fourth-order valence-corrected chi connectivity index (χ4v) is 8.09. The number of benzene rings is 2. The maximum Gasteiger partial charge on any atom is 0.123 e. The first-order valence-corrected chi connectivity index (χ1v) is 11.8. The van der Waals surface area contributed by atoms with Crippen molar-refractivity contribution >= 4 is 0 Å². The first kappa shape index (κ1) is 21.9. The van der Waals surface area contributed by atoms with Crippen molar-refractivity contribution in [1.82, 2.24) is 0 Å².